The lowest BCUT2D eigenvalue weighted by Gasteiger charge is -2.44. The van der Waals surface area contributed by atoms with Crippen LogP contribution < -0.4 is 9.80 Å². The third-order valence-electron chi connectivity index (χ3n) is 4.67. The Labute approximate surface area is 150 Å². The van der Waals surface area contributed by atoms with Gasteiger partial charge in [0.25, 0.3) is 0 Å². The molecule has 0 unspecified atom stereocenters. The highest BCUT2D eigenvalue weighted by molar-refractivity contribution is 8.00. The molecule has 0 atom stereocenters. The zero-order valence-electron chi connectivity index (χ0n) is 13.6. The molecule has 2 heterocycles. The summed E-state index contributed by atoms with van der Waals surface area (Å²) in [7, 11) is 0. The highest BCUT2D eigenvalue weighted by Crippen LogP contribution is 2.37. The molecule has 0 spiro atoms. The molecule has 1 fully saturated rings. The number of amides is 1. The van der Waals surface area contributed by atoms with Gasteiger partial charge in [0.05, 0.1) is 17.0 Å². The first-order valence-corrected chi connectivity index (χ1v) is 9.21. The highest BCUT2D eigenvalue weighted by Gasteiger charge is 2.33. The number of hydrogen-bond acceptors (Lipinski definition) is 4. The van der Waals surface area contributed by atoms with Crippen molar-refractivity contribution in [2.45, 2.75) is 4.90 Å². The monoisotopic (exact) mass is 354 g/mol. The molecule has 25 heavy (non-hydrogen) atoms. The molecule has 0 aromatic heterocycles. The second kappa shape index (κ2) is 6.44. The minimum absolute atomic E-state index is 0.0539. The topological polar surface area (TPSA) is 60.9 Å². The van der Waals surface area contributed by atoms with Crippen LogP contribution in [0.2, 0.25) is 0 Å². The molecule has 1 amide bonds. The summed E-state index contributed by atoms with van der Waals surface area (Å²) in [6.45, 7) is 2.46. The van der Waals surface area contributed by atoms with E-state index in [2.05, 4.69) is 17.0 Å². The average Bonchev–Trinajstić information content (AvgIpc) is 2.59. The number of carbonyl (C=O) groups excluding carboxylic acids is 1. The van der Waals surface area contributed by atoms with E-state index in [1.54, 1.807) is 23.1 Å². The molecule has 6 heteroatoms. The summed E-state index contributed by atoms with van der Waals surface area (Å²) in [6.07, 6.45) is 0. The third kappa shape index (κ3) is 3.09. The fourth-order valence-corrected chi connectivity index (χ4v) is 4.24. The molecule has 2 aromatic carbocycles. The molecule has 4 rings (SSSR count). The van der Waals surface area contributed by atoms with Gasteiger partial charge in [0.15, 0.2) is 0 Å². The van der Waals surface area contributed by atoms with E-state index in [1.165, 1.54) is 17.4 Å². The lowest BCUT2D eigenvalue weighted by molar-refractivity contribution is -0.116. The number of carboxylic acids is 1. The van der Waals surface area contributed by atoms with Crippen molar-refractivity contribution in [1.29, 1.82) is 0 Å². The van der Waals surface area contributed by atoms with Crippen molar-refractivity contribution in [2.24, 2.45) is 5.92 Å². The van der Waals surface area contributed by atoms with Gasteiger partial charge in [-0.25, -0.2) is 4.79 Å². The van der Waals surface area contributed by atoms with Crippen LogP contribution in [0.15, 0.2) is 53.4 Å². The van der Waals surface area contributed by atoms with Crippen molar-refractivity contribution in [3.8, 4) is 0 Å². The zero-order valence-corrected chi connectivity index (χ0v) is 14.4. The van der Waals surface area contributed by atoms with Crippen molar-refractivity contribution in [3.63, 3.8) is 0 Å². The van der Waals surface area contributed by atoms with E-state index in [1.807, 2.05) is 18.2 Å². The van der Waals surface area contributed by atoms with Gasteiger partial charge in [-0.3, -0.25) is 4.79 Å². The molecule has 128 valence electrons. The van der Waals surface area contributed by atoms with Gasteiger partial charge < -0.3 is 14.9 Å². The van der Waals surface area contributed by atoms with Gasteiger partial charge in [-0.15, -0.1) is 11.8 Å². The first kappa shape index (κ1) is 16.0. The average molecular weight is 354 g/mol. The molecule has 0 aliphatic carbocycles. The Balaban J connectivity index is 1.49. The summed E-state index contributed by atoms with van der Waals surface area (Å²) in [5.74, 6) is -0.106. The zero-order chi connectivity index (χ0) is 17.4. The van der Waals surface area contributed by atoms with E-state index in [-0.39, 0.29) is 11.5 Å². The minimum Gasteiger partial charge on any atom is -0.478 e. The lowest BCUT2D eigenvalue weighted by Crippen LogP contribution is -2.53. The molecule has 0 saturated carbocycles. The Morgan fingerprint density at radius 1 is 1.16 bits per heavy atom. The summed E-state index contributed by atoms with van der Waals surface area (Å²) in [5, 5.41) is 9.22. The number of carbonyl (C=O) groups is 2. The predicted molar refractivity (Wildman–Crippen MR) is 98.6 cm³/mol. The van der Waals surface area contributed by atoms with Crippen LogP contribution in [0.25, 0.3) is 0 Å². The molecule has 0 radical (unpaired) electrons. The van der Waals surface area contributed by atoms with Crippen molar-refractivity contribution >= 4 is 35.0 Å². The predicted octanol–water partition coefficient (Wildman–Crippen LogP) is 2.96. The van der Waals surface area contributed by atoms with Crippen LogP contribution >= 0.6 is 11.8 Å². The molecule has 2 aliphatic heterocycles. The van der Waals surface area contributed by atoms with E-state index in [0.717, 1.165) is 23.7 Å². The number of anilines is 2. The number of fused-ring (bicyclic) bond motifs is 1. The molecule has 1 N–H and O–H groups in total. The molecule has 2 aromatic rings. The van der Waals surface area contributed by atoms with Crippen LogP contribution in [0.3, 0.4) is 0 Å². The van der Waals surface area contributed by atoms with E-state index in [4.69, 9.17) is 0 Å². The standard InChI is InChI=1S/C19H18N2O3S/c22-18-12-25-17-7-6-14(19(23)24)8-16(17)21(18)11-13-9-20(10-13)15-4-2-1-3-5-15/h1-8,13H,9-12H2,(H,23,24). The van der Waals surface area contributed by atoms with Gasteiger partial charge in [0.1, 0.15) is 0 Å². The largest absolute Gasteiger partial charge is 0.478 e. The molecule has 2 aliphatic rings. The molecule has 5 nitrogen and oxygen atoms in total. The Morgan fingerprint density at radius 3 is 2.64 bits per heavy atom. The summed E-state index contributed by atoms with van der Waals surface area (Å²) < 4.78 is 0. The number of rotatable bonds is 4. The summed E-state index contributed by atoms with van der Waals surface area (Å²) >= 11 is 1.48. The molecule has 1 saturated heterocycles. The molecule has 0 bridgehead atoms. The molecular formula is C19H18N2O3S. The van der Waals surface area contributed by atoms with Gasteiger partial charge in [-0.05, 0) is 30.3 Å². The summed E-state index contributed by atoms with van der Waals surface area (Å²) in [6, 6.07) is 15.3. The van der Waals surface area contributed by atoms with Crippen LogP contribution in [-0.4, -0.2) is 42.4 Å². The lowest BCUT2D eigenvalue weighted by atomic mass is 9.98. The van der Waals surface area contributed by atoms with Crippen LogP contribution in [0.5, 0.6) is 0 Å². The minimum atomic E-state index is -0.968. The van der Waals surface area contributed by atoms with Crippen molar-refractivity contribution in [1.82, 2.24) is 0 Å². The third-order valence-corrected chi connectivity index (χ3v) is 5.72. The quantitative estimate of drug-likeness (QED) is 0.915. The fraction of sp³-hybridized carbons (Fsp3) is 0.263. The Hall–Kier alpha value is -2.47. The number of thioether (sulfide) groups is 1. The van der Waals surface area contributed by atoms with Gasteiger partial charge in [-0.2, -0.15) is 0 Å². The number of benzene rings is 2. The van der Waals surface area contributed by atoms with E-state index in [9.17, 15) is 14.7 Å². The SMILES string of the molecule is O=C(O)c1ccc2c(c1)N(CC1CN(c3ccccc3)C1)C(=O)CS2. The normalized spacial score (nSPS) is 17.2. The van der Waals surface area contributed by atoms with Gasteiger partial charge >= 0.3 is 5.97 Å². The maximum absolute atomic E-state index is 12.4. The number of aromatic carboxylic acids is 1. The van der Waals surface area contributed by atoms with E-state index in [0.29, 0.717) is 18.2 Å². The van der Waals surface area contributed by atoms with Crippen LogP contribution in [0.1, 0.15) is 10.4 Å². The first-order valence-electron chi connectivity index (χ1n) is 8.22. The van der Waals surface area contributed by atoms with Crippen LogP contribution in [0, 0.1) is 5.92 Å². The second-order valence-electron chi connectivity index (χ2n) is 6.39. The number of para-hydroxylation sites is 1. The second-order valence-corrected chi connectivity index (χ2v) is 7.40. The van der Waals surface area contributed by atoms with E-state index < -0.39 is 5.97 Å². The summed E-state index contributed by atoms with van der Waals surface area (Å²) in [4.78, 5) is 28.7. The van der Waals surface area contributed by atoms with Gasteiger partial charge in [0, 0.05) is 36.1 Å². The number of nitrogens with zero attached hydrogens (tertiary/aromatic N) is 2. The molecular weight excluding hydrogens is 336 g/mol. The fourth-order valence-electron chi connectivity index (χ4n) is 3.33. The number of carboxylic acid groups (broad SMARTS) is 1. The highest BCUT2D eigenvalue weighted by atomic mass is 32.2. The van der Waals surface area contributed by atoms with Crippen molar-refractivity contribution in [3.05, 3.63) is 54.1 Å². The smallest absolute Gasteiger partial charge is 0.335 e. The maximum Gasteiger partial charge on any atom is 0.335 e. The van der Waals surface area contributed by atoms with Crippen LogP contribution in [-0.2, 0) is 4.79 Å². The maximum atomic E-state index is 12.4. The number of hydrogen-bond donors (Lipinski definition) is 1. The Kier molecular flexibility index (Phi) is 4.13. The Morgan fingerprint density at radius 2 is 1.92 bits per heavy atom. The Bertz CT molecular complexity index is 819. The van der Waals surface area contributed by atoms with Gasteiger partial charge in [-0.1, -0.05) is 18.2 Å². The van der Waals surface area contributed by atoms with Crippen molar-refractivity contribution < 1.29 is 14.7 Å². The van der Waals surface area contributed by atoms with Crippen molar-refractivity contribution in [2.75, 3.05) is 35.2 Å². The first-order chi connectivity index (χ1) is 12.1. The van der Waals surface area contributed by atoms with Crippen LogP contribution in [0.4, 0.5) is 11.4 Å². The van der Waals surface area contributed by atoms with Gasteiger partial charge in [0.2, 0.25) is 5.91 Å². The summed E-state index contributed by atoms with van der Waals surface area (Å²) in [5.41, 5.74) is 2.16. The van der Waals surface area contributed by atoms with E-state index >= 15 is 0 Å².